The molecule has 3 heteroatoms. The van der Waals surface area contributed by atoms with E-state index in [9.17, 15) is 0 Å². The molecule has 0 amide bonds. The molecule has 0 radical (unpaired) electrons. The summed E-state index contributed by atoms with van der Waals surface area (Å²) in [4.78, 5) is 4.56. The fraction of sp³-hybridized carbons (Fsp3) is 0.462. The number of benzene rings is 1. The van der Waals surface area contributed by atoms with Gasteiger partial charge in [0.05, 0.1) is 11.0 Å². The fourth-order valence-electron chi connectivity index (χ4n) is 1.85. The Balaban J connectivity index is 2.61. The van der Waals surface area contributed by atoms with Crippen LogP contribution in [0.1, 0.15) is 25.2 Å². The molecule has 0 saturated carbocycles. The van der Waals surface area contributed by atoms with E-state index in [2.05, 4.69) is 46.9 Å². The van der Waals surface area contributed by atoms with Crippen LogP contribution < -0.4 is 5.32 Å². The van der Waals surface area contributed by atoms with Gasteiger partial charge in [0.15, 0.2) is 0 Å². The summed E-state index contributed by atoms with van der Waals surface area (Å²) in [6.07, 6.45) is 0. The molecule has 2 rings (SSSR count). The van der Waals surface area contributed by atoms with E-state index in [1.807, 2.05) is 21.0 Å². The van der Waals surface area contributed by atoms with Crippen molar-refractivity contribution in [3.8, 4) is 0 Å². The highest BCUT2D eigenvalue weighted by atomic mass is 15.0. The van der Waals surface area contributed by atoms with E-state index < -0.39 is 0 Å². The molecule has 0 saturated heterocycles. The molecule has 0 aliphatic rings. The van der Waals surface area contributed by atoms with Gasteiger partial charge in [0, 0.05) is 12.6 Å². The highest BCUT2D eigenvalue weighted by Crippen LogP contribution is 2.24. The SMILES string of the molecule is CNC(C)(C)c1ccc2c(c1)nc(C)n2C. The number of nitrogens with zero attached hydrogens (tertiary/aromatic N) is 2. The molecule has 86 valence electrons. The molecule has 0 fully saturated rings. The van der Waals surface area contributed by atoms with Gasteiger partial charge in [-0.15, -0.1) is 0 Å². The van der Waals surface area contributed by atoms with Crippen molar-refractivity contribution in [2.75, 3.05) is 7.05 Å². The molecule has 1 aromatic carbocycles. The lowest BCUT2D eigenvalue weighted by molar-refractivity contribution is 0.445. The Kier molecular flexibility index (Phi) is 2.50. The van der Waals surface area contributed by atoms with Crippen LogP contribution in [0.4, 0.5) is 0 Å². The van der Waals surface area contributed by atoms with Crippen molar-refractivity contribution in [1.82, 2.24) is 14.9 Å². The third-order valence-corrected chi connectivity index (χ3v) is 3.45. The van der Waals surface area contributed by atoms with Crippen LogP contribution in [0.15, 0.2) is 18.2 Å². The predicted octanol–water partition coefficient (Wildman–Crippen LogP) is 2.34. The highest BCUT2D eigenvalue weighted by molar-refractivity contribution is 5.77. The number of aryl methyl sites for hydroxylation is 2. The van der Waals surface area contributed by atoms with E-state index in [1.165, 1.54) is 11.1 Å². The smallest absolute Gasteiger partial charge is 0.106 e. The second-order valence-corrected chi connectivity index (χ2v) is 4.80. The first-order chi connectivity index (χ1) is 7.45. The number of fused-ring (bicyclic) bond motifs is 1. The molecule has 0 aliphatic heterocycles. The number of hydrogen-bond donors (Lipinski definition) is 1. The fourth-order valence-corrected chi connectivity index (χ4v) is 1.85. The molecule has 2 aromatic rings. The average molecular weight is 217 g/mol. The lowest BCUT2D eigenvalue weighted by atomic mass is 9.94. The van der Waals surface area contributed by atoms with Crippen LogP contribution >= 0.6 is 0 Å². The van der Waals surface area contributed by atoms with Crippen LogP contribution in [0.5, 0.6) is 0 Å². The maximum absolute atomic E-state index is 4.56. The lowest BCUT2D eigenvalue weighted by Crippen LogP contribution is -2.32. The van der Waals surface area contributed by atoms with Crippen molar-refractivity contribution in [2.45, 2.75) is 26.3 Å². The Bertz CT molecular complexity index is 523. The van der Waals surface area contributed by atoms with E-state index in [1.54, 1.807) is 0 Å². The van der Waals surface area contributed by atoms with Crippen molar-refractivity contribution in [3.05, 3.63) is 29.6 Å². The van der Waals surface area contributed by atoms with Crippen molar-refractivity contribution in [2.24, 2.45) is 7.05 Å². The molecule has 0 unspecified atom stereocenters. The van der Waals surface area contributed by atoms with E-state index >= 15 is 0 Å². The molecule has 1 heterocycles. The zero-order valence-electron chi connectivity index (χ0n) is 10.6. The van der Waals surface area contributed by atoms with Gasteiger partial charge in [-0.3, -0.25) is 0 Å². The monoisotopic (exact) mass is 217 g/mol. The summed E-state index contributed by atoms with van der Waals surface area (Å²) in [6.45, 7) is 6.37. The first-order valence-corrected chi connectivity index (χ1v) is 5.58. The van der Waals surface area contributed by atoms with Crippen LogP contribution in [0.25, 0.3) is 11.0 Å². The topological polar surface area (TPSA) is 29.9 Å². The molecule has 16 heavy (non-hydrogen) atoms. The minimum Gasteiger partial charge on any atom is -0.331 e. The molecule has 0 aliphatic carbocycles. The Morgan fingerprint density at radius 3 is 2.62 bits per heavy atom. The zero-order chi connectivity index (χ0) is 11.9. The van der Waals surface area contributed by atoms with Gasteiger partial charge in [-0.2, -0.15) is 0 Å². The summed E-state index contributed by atoms with van der Waals surface area (Å²) in [6, 6.07) is 6.47. The Labute approximate surface area is 96.5 Å². The Morgan fingerprint density at radius 1 is 1.31 bits per heavy atom. The van der Waals surface area contributed by atoms with Crippen LogP contribution in [-0.4, -0.2) is 16.6 Å². The lowest BCUT2D eigenvalue weighted by Gasteiger charge is -2.24. The number of nitrogens with one attached hydrogen (secondary N) is 1. The Morgan fingerprint density at radius 2 is 2.00 bits per heavy atom. The maximum Gasteiger partial charge on any atom is 0.106 e. The number of hydrogen-bond acceptors (Lipinski definition) is 2. The Hall–Kier alpha value is -1.35. The van der Waals surface area contributed by atoms with E-state index in [0.29, 0.717) is 0 Å². The van der Waals surface area contributed by atoms with Gasteiger partial charge in [0.25, 0.3) is 0 Å². The van der Waals surface area contributed by atoms with Gasteiger partial charge in [0.1, 0.15) is 5.82 Å². The average Bonchev–Trinajstić information content (AvgIpc) is 2.54. The molecular formula is C13H19N3. The normalized spacial score (nSPS) is 12.3. The summed E-state index contributed by atoms with van der Waals surface area (Å²) in [5, 5.41) is 3.31. The van der Waals surface area contributed by atoms with Crippen LogP contribution in [0, 0.1) is 6.92 Å². The quantitative estimate of drug-likeness (QED) is 0.836. The first-order valence-electron chi connectivity index (χ1n) is 5.58. The summed E-state index contributed by atoms with van der Waals surface area (Å²) in [5.41, 5.74) is 3.51. The number of aromatic nitrogens is 2. The first kappa shape index (κ1) is 11.1. The van der Waals surface area contributed by atoms with Crippen LogP contribution in [0.2, 0.25) is 0 Å². The summed E-state index contributed by atoms with van der Waals surface area (Å²) < 4.78 is 2.12. The predicted molar refractivity (Wildman–Crippen MR) is 67.5 cm³/mol. The number of rotatable bonds is 2. The summed E-state index contributed by atoms with van der Waals surface area (Å²) in [7, 11) is 4.03. The maximum atomic E-state index is 4.56. The van der Waals surface area contributed by atoms with Crippen LogP contribution in [-0.2, 0) is 12.6 Å². The van der Waals surface area contributed by atoms with E-state index in [4.69, 9.17) is 0 Å². The van der Waals surface area contributed by atoms with Crippen molar-refractivity contribution < 1.29 is 0 Å². The molecule has 0 bridgehead atoms. The zero-order valence-corrected chi connectivity index (χ0v) is 10.6. The summed E-state index contributed by atoms with van der Waals surface area (Å²) >= 11 is 0. The molecular weight excluding hydrogens is 198 g/mol. The second kappa shape index (κ2) is 3.59. The molecule has 0 atom stereocenters. The minimum atomic E-state index is -0.0143. The van der Waals surface area contributed by atoms with E-state index in [0.717, 1.165) is 11.3 Å². The third kappa shape index (κ3) is 1.61. The van der Waals surface area contributed by atoms with Gasteiger partial charge in [-0.05, 0) is 45.5 Å². The van der Waals surface area contributed by atoms with Crippen molar-refractivity contribution in [3.63, 3.8) is 0 Å². The largest absolute Gasteiger partial charge is 0.331 e. The van der Waals surface area contributed by atoms with Crippen molar-refractivity contribution >= 4 is 11.0 Å². The third-order valence-electron chi connectivity index (χ3n) is 3.45. The van der Waals surface area contributed by atoms with E-state index in [-0.39, 0.29) is 5.54 Å². The van der Waals surface area contributed by atoms with Crippen LogP contribution in [0.3, 0.4) is 0 Å². The standard InChI is InChI=1S/C13H19N3/c1-9-15-11-8-10(13(2,3)14-4)6-7-12(11)16(9)5/h6-8,14H,1-5H3. The summed E-state index contributed by atoms with van der Waals surface area (Å²) in [5.74, 6) is 1.05. The highest BCUT2D eigenvalue weighted by Gasteiger charge is 2.18. The molecule has 0 spiro atoms. The van der Waals surface area contributed by atoms with Crippen molar-refractivity contribution in [1.29, 1.82) is 0 Å². The molecule has 1 N–H and O–H groups in total. The van der Waals surface area contributed by atoms with Gasteiger partial charge in [-0.25, -0.2) is 4.98 Å². The van der Waals surface area contributed by atoms with Gasteiger partial charge < -0.3 is 9.88 Å². The molecule has 3 nitrogen and oxygen atoms in total. The molecule has 1 aromatic heterocycles. The number of imidazole rings is 1. The van der Waals surface area contributed by atoms with Gasteiger partial charge >= 0.3 is 0 Å². The minimum absolute atomic E-state index is 0.0143. The second-order valence-electron chi connectivity index (χ2n) is 4.80. The van der Waals surface area contributed by atoms with Gasteiger partial charge in [0.2, 0.25) is 0 Å². The van der Waals surface area contributed by atoms with Gasteiger partial charge in [-0.1, -0.05) is 6.07 Å².